The highest BCUT2D eigenvalue weighted by molar-refractivity contribution is 5.96. The van der Waals surface area contributed by atoms with E-state index < -0.39 is 5.60 Å². The molecule has 0 aliphatic carbocycles. The molecule has 0 saturated carbocycles. The molecule has 1 aromatic rings. The summed E-state index contributed by atoms with van der Waals surface area (Å²) in [6.45, 7) is 3.28. The molecule has 1 amide bonds. The Kier molecular flexibility index (Phi) is 5.11. The van der Waals surface area contributed by atoms with E-state index in [-0.39, 0.29) is 19.1 Å². The minimum absolute atomic E-state index is 0.204. The summed E-state index contributed by atoms with van der Waals surface area (Å²) in [6, 6.07) is 6.96. The molecule has 0 heterocycles. The average molecular weight is 261 g/mol. The monoisotopic (exact) mass is 261 g/mol. The van der Waals surface area contributed by atoms with Gasteiger partial charge >= 0.3 is 0 Å². The predicted molar refractivity (Wildman–Crippen MR) is 73.7 cm³/mol. The van der Waals surface area contributed by atoms with Crippen molar-refractivity contribution in [2.75, 3.05) is 20.2 Å². The van der Waals surface area contributed by atoms with Crippen molar-refractivity contribution in [3.63, 3.8) is 0 Å². The minimum Gasteiger partial charge on any atom is -0.389 e. The summed E-state index contributed by atoms with van der Waals surface area (Å²) in [5.41, 5.74) is 0.0928. The van der Waals surface area contributed by atoms with Crippen molar-refractivity contribution < 1.29 is 15.0 Å². The smallest absolute Gasteiger partial charge is 0.254 e. The number of carbonyl (C=O) groups excluding carboxylic acids is 1. The van der Waals surface area contributed by atoms with E-state index in [0.29, 0.717) is 11.1 Å². The van der Waals surface area contributed by atoms with Crippen LogP contribution in [0.25, 0.3) is 0 Å². The molecule has 0 fully saturated rings. The van der Waals surface area contributed by atoms with Crippen LogP contribution in [0.15, 0.2) is 24.3 Å². The number of carbonyl (C=O) groups is 1. The topological polar surface area (TPSA) is 60.8 Å². The maximum Gasteiger partial charge on any atom is 0.254 e. The van der Waals surface area contributed by atoms with Gasteiger partial charge in [0, 0.05) is 19.2 Å². The highest BCUT2D eigenvalue weighted by Gasteiger charge is 2.21. The Morgan fingerprint density at radius 1 is 1.37 bits per heavy atom. The van der Waals surface area contributed by atoms with Crippen molar-refractivity contribution >= 4 is 5.91 Å². The third-order valence-corrected chi connectivity index (χ3v) is 2.43. The van der Waals surface area contributed by atoms with Gasteiger partial charge in [-0.05, 0) is 26.0 Å². The number of rotatable bonds is 3. The lowest BCUT2D eigenvalue weighted by Crippen LogP contribution is -2.39. The van der Waals surface area contributed by atoms with Crippen LogP contribution < -0.4 is 0 Å². The van der Waals surface area contributed by atoms with E-state index in [4.69, 9.17) is 5.11 Å². The van der Waals surface area contributed by atoms with Gasteiger partial charge in [-0.25, -0.2) is 0 Å². The molecule has 0 radical (unpaired) electrons. The SMILES string of the molecule is CN(CC(C)(C)O)C(=O)c1ccccc1C#CCO. The predicted octanol–water partition coefficient (Wildman–Crippen LogP) is 0.873. The van der Waals surface area contributed by atoms with E-state index in [0.717, 1.165) is 0 Å². The lowest BCUT2D eigenvalue weighted by Gasteiger charge is -2.25. The number of benzene rings is 1. The molecule has 0 aliphatic heterocycles. The molecule has 0 unspecified atom stereocenters. The van der Waals surface area contributed by atoms with Crippen molar-refractivity contribution in [2.24, 2.45) is 0 Å². The molecule has 2 N–H and O–H groups in total. The highest BCUT2D eigenvalue weighted by atomic mass is 16.3. The summed E-state index contributed by atoms with van der Waals surface area (Å²) >= 11 is 0. The van der Waals surface area contributed by atoms with Gasteiger partial charge in [-0.1, -0.05) is 24.0 Å². The number of aliphatic hydroxyl groups excluding tert-OH is 1. The molecular formula is C15H19NO3. The maximum atomic E-state index is 12.3. The van der Waals surface area contributed by atoms with Crippen LogP contribution in [0.2, 0.25) is 0 Å². The van der Waals surface area contributed by atoms with Crippen LogP contribution in [0.5, 0.6) is 0 Å². The zero-order valence-corrected chi connectivity index (χ0v) is 11.5. The van der Waals surface area contributed by atoms with E-state index >= 15 is 0 Å². The lowest BCUT2D eigenvalue weighted by molar-refractivity contribution is 0.0367. The number of amides is 1. The van der Waals surface area contributed by atoms with E-state index in [1.165, 1.54) is 4.90 Å². The van der Waals surface area contributed by atoms with Gasteiger partial charge in [0.15, 0.2) is 0 Å². The van der Waals surface area contributed by atoms with Gasteiger partial charge < -0.3 is 15.1 Å². The van der Waals surface area contributed by atoms with Crippen molar-refractivity contribution in [3.8, 4) is 11.8 Å². The second kappa shape index (κ2) is 6.37. The van der Waals surface area contributed by atoms with Gasteiger partial charge in [-0.15, -0.1) is 0 Å². The molecule has 0 aromatic heterocycles. The fraction of sp³-hybridized carbons (Fsp3) is 0.400. The molecule has 0 atom stereocenters. The van der Waals surface area contributed by atoms with Gasteiger partial charge in [0.05, 0.1) is 11.2 Å². The zero-order valence-electron chi connectivity index (χ0n) is 11.5. The molecule has 1 rings (SSSR count). The normalized spacial score (nSPS) is 10.6. The van der Waals surface area contributed by atoms with Gasteiger partial charge in [-0.3, -0.25) is 4.79 Å². The third-order valence-electron chi connectivity index (χ3n) is 2.43. The van der Waals surface area contributed by atoms with Crippen LogP contribution in [0.4, 0.5) is 0 Å². The number of hydrogen-bond acceptors (Lipinski definition) is 3. The average Bonchev–Trinajstić information content (AvgIpc) is 2.33. The summed E-state index contributed by atoms with van der Waals surface area (Å²) < 4.78 is 0. The zero-order chi connectivity index (χ0) is 14.5. The summed E-state index contributed by atoms with van der Waals surface area (Å²) in [6.07, 6.45) is 0. The van der Waals surface area contributed by atoms with Gasteiger partial charge in [0.25, 0.3) is 5.91 Å². The first kappa shape index (κ1) is 15.2. The summed E-state index contributed by atoms with van der Waals surface area (Å²) in [4.78, 5) is 13.7. The Hall–Kier alpha value is -1.83. The first-order valence-corrected chi connectivity index (χ1v) is 6.02. The van der Waals surface area contributed by atoms with E-state index in [1.54, 1.807) is 45.2 Å². The van der Waals surface area contributed by atoms with Gasteiger partial charge in [0.2, 0.25) is 0 Å². The van der Waals surface area contributed by atoms with Crippen LogP contribution >= 0.6 is 0 Å². The number of likely N-dealkylation sites (N-methyl/N-ethyl adjacent to an activating group) is 1. The minimum atomic E-state index is -0.948. The molecule has 4 heteroatoms. The maximum absolute atomic E-state index is 12.3. The number of aliphatic hydroxyl groups is 2. The molecule has 4 nitrogen and oxygen atoms in total. The fourth-order valence-corrected chi connectivity index (χ4v) is 1.77. The van der Waals surface area contributed by atoms with Crippen molar-refractivity contribution in [3.05, 3.63) is 35.4 Å². The Morgan fingerprint density at radius 3 is 2.58 bits per heavy atom. The van der Waals surface area contributed by atoms with E-state index in [1.807, 2.05) is 0 Å². The Balaban J connectivity index is 2.99. The fourth-order valence-electron chi connectivity index (χ4n) is 1.77. The molecule has 0 saturated heterocycles. The summed E-state index contributed by atoms with van der Waals surface area (Å²) in [7, 11) is 1.64. The summed E-state index contributed by atoms with van der Waals surface area (Å²) in [5, 5.41) is 18.5. The molecule has 1 aromatic carbocycles. The van der Waals surface area contributed by atoms with Crippen molar-refractivity contribution in [1.82, 2.24) is 4.90 Å². The van der Waals surface area contributed by atoms with Crippen molar-refractivity contribution in [2.45, 2.75) is 19.4 Å². The van der Waals surface area contributed by atoms with Crippen LogP contribution in [-0.2, 0) is 0 Å². The highest BCUT2D eigenvalue weighted by Crippen LogP contribution is 2.12. The molecule has 102 valence electrons. The molecule has 0 aliphatic rings. The number of nitrogens with zero attached hydrogens (tertiary/aromatic N) is 1. The standard InChI is InChI=1S/C15H19NO3/c1-15(2,19)11-16(3)14(18)13-9-5-4-7-12(13)8-6-10-17/h4-5,7,9,17,19H,10-11H2,1-3H3. The molecule has 0 spiro atoms. The third kappa shape index (κ3) is 4.74. The molecule has 19 heavy (non-hydrogen) atoms. The molecule has 0 bridgehead atoms. The van der Waals surface area contributed by atoms with Crippen molar-refractivity contribution in [1.29, 1.82) is 0 Å². The van der Waals surface area contributed by atoms with Crippen LogP contribution in [0, 0.1) is 11.8 Å². The Bertz CT molecular complexity index is 506. The van der Waals surface area contributed by atoms with Crippen LogP contribution in [0.1, 0.15) is 29.8 Å². The Morgan fingerprint density at radius 2 is 2.00 bits per heavy atom. The molecular weight excluding hydrogens is 242 g/mol. The van der Waals surface area contributed by atoms with Gasteiger partial charge in [-0.2, -0.15) is 0 Å². The van der Waals surface area contributed by atoms with Crippen LogP contribution in [0.3, 0.4) is 0 Å². The van der Waals surface area contributed by atoms with Crippen LogP contribution in [-0.4, -0.2) is 46.8 Å². The quantitative estimate of drug-likeness (QED) is 0.794. The largest absolute Gasteiger partial charge is 0.389 e. The lowest BCUT2D eigenvalue weighted by atomic mass is 10.1. The second-order valence-corrected chi connectivity index (χ2v) is 4.98. The first-order valence-electron chi connectivity index (χ1n) is 6.02. The first-order chi connectivity index (χ1) is 8.85. The second-order valence-electron chi connectivity index (χ2n) is 4.98. The Labute approximate surface area is 113 Å². The van der Waals surface area contributed by atoms with Gasteiger partial charge in [0.1, 0.15) is 6.61 Å². The summed E-state index contributed by atoms with van der Waals surface area (Å²) in [5.74, 6) is 5.08. The van der Waals surface area contributed by atoms with E-state index in [2.05, 4.69) is 11.8 Å². The number of hydrogen-bond donors (Lipinski definition) is 2. The van der Waals surface area contributed by atoms with E-state index in [9.17, 15) is 9.90 Å².